The van der Waals surface area contributed by atoms with Crippen LogP contribution in [0, 0.1) is 3.70 Å². The lowest BCUT2D eigenvalue weighted by Crippen LogP contribution is -2.54. The van der Waals surface area contributed by atoms with Crippen LogP contribution in [0.15, 0.2) is 12.4 Å². The summed E-state index contributed by atoms with van der Waals surface area (Å²) in [6.45, 7) is 5.30. The fourth-order valence-electron chi connectivity index (χ4n) is 3.84. The average Bonchev–Trinajstić information content (AvgIpc) is 2.85. The van der Waals surface area contributed by atoms with Crippen LogP contribution in [0.2, 0.25) is 0 Å². The first-order valence-electron chi connectivity index (χ1n) is 8.32. The third-order valence-electron chi connectivity index (χ3n) is 5.32. The van der Waals surface area contributed by atoms with Crippen LogP contribution in [0.5, 0.6) is 0 Å². The van der Waals surface area contributed by atoms with Crippen molar-refractivity contribution in [3.05, 3.63) is 21.9 Å². The number of piperazine rings is 1. The molecule has 7 nitrogen and oxygen atoms in total. The molecule has 0 unspecified atom stereocenters. The minimum Gasteiger partial charge on any atom is -0.382 e. The Labute approximate surface area is 154 Å². The molecule has 0 radical (unpaired) electrons. The van der Waals surface area contributed by atoms with Crippen molar-refractivity contribution in [2.24, 2.45) is 0 Å². The molecule has 24 heavy (non-hydrogen) atoms. The Bertz CT molecular complexity index is 776. The molecule has 128 valence electrons. The monoisotopic (exact) mass is 440 g/mol. The number of anilines is 1. The van der Waals surface area contributed by atoms with E-state index in [1.54, 1.807) is 13.1 Å². The second-order valence-electron chi connectivity index (χ2n) is 6.66. The van der Waals surface area contributed by atoms with Crippen LogP contribution in [0.25, 0.3) is 5.52 Å². The molecule has 4 rings (SSSR count). The highest BCUT2D eigenvalue weighted by Crippen LogP contribution is 2.40. The quantitative estimate of drug-likeness (QED) is 0.713. The van der Waals surface area contributed by atoms with Crippen molar-refractivity contribution < 1.29 is 4.79 Å². The lowest BCUT2D eigenvalue weighted by Gasteiger charge is -2.46. The second kappa shape index (κ2) is 6.14. The van der Waals surface area contributed by atoms with Crippen LogP contribution in [0.1, 0.15) is 31.5 Å². The van der Waals surface area contributed by atoms with Crippen molar-refractivity contribution >= 4 is 39.8 Å². The molecule has 3 heterocycles. The normalized spacial score (nSPS) is 25.0. The number of amides is 1. The fourth-order valence-corrected chi connectivity index (χ4v) is 4.53. The Morgan fingerprint density at radius 3 is 2.67 bits per heavy atom. The van der Waals surface area contributed by atoms with Crippen molar-refractivity contribution in [2.75, 3.05) is 31.9 Å². The largest absolute Gasteiger partial charge is 0.382 e. The van der Waals surface area contributed by atoms with Crippen LogP contribution in [-0.2, 0) is 4.79 Å². The van der Waals surface area contributed by atoms with E-state index in [2.05, 4.69) is 41.9 Å². The number of hydrogen-bond donors (Lipinski definition) is 1. The van der Waals surface area contributed by atoms with Gasteiger partial charge in [-0.05, 0) is 35.4 Å². The van der Waals surface area contributed by atoms with Gasteiger partial charge in [0, 0.05) is 57.5 Å². The summed E-state index contributed by atoms with van der Waals surface area (Å²) in [6, 6.07) is 0.596. The Kier molecular flexibility index (Phi) is 4.11. The first kappa shape index (κ1) is 16.1. The summed E-state index contributed by atoms with van der Waals surface area (Å²) in [4.78, 5) is 24.8. The zero-order valence-corrected chi connectivity index (χ0v) is 15.8. The van der Waals surface area contributed by atoms with E-state index in [1.807, 2.05) is 11.1 Å². The topological polar surface area (TPSA) is 79.8 Å². The molecule has 0 aromatic carbocycles. The number of carbonyl (C=O) groups is 1. The van der Waals surface area contributed by atoms with Crippen molar-refractivity contribution in [1.29, 1.82) is 0 Å². The predicted octanol–water partition coefficient (Wildman–Crippen LogP) is 1.33. The molecule has 0 bridgehead atoms. The molecule has 1 saturated heterocycles. The van der Waals surface area contributed by atoms with Gasteiger partial charge in [-0.3, -0.25) is 14.1 Å². The van der Waals surface area contributed by atoms with E-state index in [4.69, 9.17) is 5.73 Å². The molecule has 1 aliphatic heterocycles. The first-order valence-corrected chi connectivity index (χ1v) is 9.40. The van der Waals surface area contributed by atoms with Crippen molar-refractivity contribution in [3.63, 3.8) is 0 Å². The fraction of sp³-hybridized carbons (Fsp3) is 0.562. The molecule has 1 amide bonds. The minimum atomic E-state index is 0.184. The SMILES string of the molecule is CC(=O)N1CCN(C2CC(c3nc(N)c4c(I)nccn34)C2)CC1. The summed E-state index contributed by atoms with van der Waals surface area (Å²) in [5, 5.41) is 0. The number of halogens is 1. The molecule has 2 aromatic rings. The van der Waals surface area contributed by atoms with E-state index in [1.165, 1.54) is 0 Å². The summed E-state index contributed by atoms with van der Waals surface area (Å²) in [7, 11) is 0. The van der Waals surface area contributed by atoms with Gasteiger partial charge in [-0.25, -0.2) is 9.97 Å². The van der Waals surface area contributed by atoms with Gasteiger partial charge in [0.25, 0.3) is 0 Å². The standard InChI is InChI=1S/C16H21IN6O/c1-10(24)21-4-6-22(7-5-21)12-8-11(9-12)16-20-15(18)13-14(17)19-2-3-23(13)16/h2-3,11-12H,4-9,18H2,1H3. The Morgan fingerprint density at radius 2 is 2.00 bits per heavy atom. The molecule has 2 N–H and O–H groups in total. The van der Waals surface area contributed by atoms with Crippen LogP contribution < -0.4 is 5.73 Å². The lowest BCUT2D eigenvalue weighted by atomic mass is 9.78. The summed E-state index contributed by atoms with van der Waals surface area (Å²) in [5.74, 6) is 2.26. The second-order valence-corrected chi connectivity index (χ2v) is 7.68. The van der Waals surface area contributed by atoms with Gasteiger partial charge in [0.05, 0.1) is 0 Å². The van der Waals surface area contributed by atoms with E-state index < -0.39 is 0 Å². The van der Waals surface area contributed by atoms with Crippen LogP contribution in [-0.4, -0.2) is 62.3 Å². The van der Waals surface area contributed by atoms with Crippen molar-refractivity contribution in [3.8, 4) is 0 Å². The third-order valence-corrected chi connectivity index (χ3v) is 6.11. The maximum Gasteiger partial charge on any atom is 0.219 e. The van der Waals surface area contributed by atoms with Crippen LogP contribution in [0.3, 0.4) is 0 Å². The highest BCUT2D eigenvalue weighted by molar-refractivity contribution is 14.1. The summed E-state index contributed by atoms with van der Waals surface area (Å²) in [6.07, 6.45) is 5.97. The highest BCUT2D eigenvalue weighted by Gasteiger charge is 2.38. The molecule has 2 aromatic heterocycles. The van der Waals surface area contributed by atoms with E-state index in [0.717, 1.165) is 54.1 Å². The van der Waals surface area contributed by atoms with Gasteiger partial charge in [0.2, 0.25) is 5.91 Å². The predicted molar refractivity (Wildman–Crippen MR) is 99.7 cm³/mol. The molecule has 2 aliphatic rings. The molecular weight excluding hydrogens is 419 g/mol. The molecule has 0 spiro atoms. The number of imidazole rings is 1. The minimum absolute atomic E-state index is 0.184. The van der Waals surface area contributed by atoms with E-state index >= 15 is 0 Å². The zero-order valence-electron chi connectivity index (χ0n) is 13.7. The number of hydrogen-bond acceptors (Lipinski definition) is 5. The van der Waals surface area contributed by atoms with Crippen molar-refractivity contribution in [1.82, 2.24) is 24.2 Å². The van der Waals surface area contributed by atoms with Crippen LogP contribution >= 0.6 is 22.6 Å². The smallest absolute Gasteiger partial charge is 0.219 e. The number of rotatable bonds is 2. The maximum atomic E-state index is 11.4. The third kappa shape index (κ3) is 2.65. The maximum absolute atomic E-state index is 11.4. The van der Waals surface area contributed by atoms with Gasteiger partial charge >= 0.3 is 0 Å². The van der Waals surface area contributed by atoms with Gasteiger partial charge in [0.15, 0.2) is 5.82 Å². The Hall–Kier alpha value is -1.42. The first-order chi connectivity index (χ1) is 11.5. The number of nitrogens with zero attached hydrogens (tertiary/aromatic N) is 5. The van der Waals surface area contributed by atoms with E-state index in [9.17, 15) is 4.79 Å². The van der Waals surface area contributed by atoms with E-state index in [0.29, 0.717) is 17.8 Å². The Morgan fingerprint density at radius 1 is 1.29 bits per heavy atom. The number of carbonyl (C=O) groups excluding carboxylic acids is 1. The summed E-state index contributed by atoms with van der Waals surface area (Å²) >= 11 is 2.20. The van der Waals surface area contributed by atoms with Gasteiger partial charge in [-0.15, -0.1) is 0 Å². The molecule has 1 aliphatic carbocycles. The summed E-state index contributed by atoms with van der Waals surface area (Å²) < 4.78 is 2.99. The molecule has 2 fully saturated rings. The Balaban J connectivity index is 1.43. The number of aromatic nitrogens is 3. The zero-order chi connectivity index (χ0) is 16.8. The van der Waals surface area contributed by atoms with Crippen molar-refractivity contribution in [2.45, 2.75) is 31.7 Å². The molecule has 8 heteroatoms. The van der Waals surface area contributed by atoms with Gasteiger partial charge in [-0.1, -0.05) is 0 Å². The van der Waals surface area contributed by atoms with Gasteiger partial charge in [-0.2, -0.15) is 0 Å². The number of nitrogen functional groups attached to an aromatic ring is 1. The molecule has 0 atom stereocenters. The molecular formula is C16H21IN6O. The lowest BCUT2D eigenvalue weighted by molar-refractivity contribution is -0.131. The van der Waals surface area contributed by atoms with Gasteiger partial charge < -0.3 is 10.6 Å². The van der Waals surface area contributed by atoms with E-state index in [-0.39, 0.29) is 5.91 Å². The molecule has 1 saturated carbocycles. The summed E-state index contributed by atoms with van der Waals surface area (Å²) in [5.41, 5.74) is 7.01. The number of nitrogens with two attached hydrogens (primary N) is 1. The average molecular weight is 440 g/mol. The number of fused-ring (bicyclic) bond motifs is 1. The highest BCUT2D eigenvalue weighted by atomic mass is 127. The van der Waals surface area contributed by atoms with Crippen LogP contribution in [0.4, 0.5) is 5.82 Å². The van der Waals surface area contributed by atoms with Gasteiger partial charge in [0.1, 0.15) is 15.0 Å².